The van der Waals surface area contributed by atoms with Gasteiger partial charge in [-0.2, -0.15) is 0 Å². The van der Waals surface area contributed by atoms with E-state index < -0.39 is 0 Å². The summed E-state index contributed by atoms with van der Waals surface area (Å²) in [6.45, 7) is 1.90. The number of carbonyl (C=O) groups is 1. The SMILES string of the molecule is Cc1cnc(C(=O)CCc2cccs2)nc1. The minimum atomic E-state index is 0.00778. The highest BCUT2D eigenvalue weighted by Crippen LogP contribution is 2.12. The minimum Gasteiger partial charge on any atom is -0.291 e. The second-order valence-electron chi connectivity index (χ2n) is 3.59. The molecule has 2 heterocycles. The molecule has 16 heavy (non-hydrogen) atoms. The van der Waals surface area contributed by atoms with E-state index in [0.717, 1.165) is 12.0 Å². The Morgan fingerprint density at radius 3 is 2.75 bits per heavy atom. The van der Waals surface area contributed by atoms with Crippen molar-refractivity contribution in [2.75, 3.05) is 0 Å². The number of Topliss-reactive ketones (excluding diaryl/α,β-unsaturated/α-hetero) is 1. The standard InChI is InChI=1S/C12H12N2OS/c1-9-7-13-12(14-8-9)11(15)5-4-10-3-2-6-16-10/h2-3,6-8H,4-5H2,1H3. The normalized spacial score (nSPS) is 10.3. The van der Waals surface area contributed by atoms with Crippen molar-refractivity contribution in [2.24, 2.45) is 0 Å². The van der Waals surface area contributed by atoms with E-state index in [4.69, 9.17) is 0 Å². The van der Waals surface area contributed by atoms with Gasteiger partial charge in [0.1, 0.15) is 0 Å². The van der Waals surface area contributed by atoms with Gasteiger partial charge >= 0.3 is 0 Å². The van der Waals surface area contributed by atoms with E-state index in [-0.39, 0.29) is 5.78 Å². The number of aryl methyl sites for hydroxylation is 2. The highest BCUT2D eigenvalue weighted by molar-refractivity contribution is 7.09. The van der Waals surface area contributed by atoms with Crippen LogP contribution in [0.15, 0.2) is 29.9 Å². The molecule has 4 heteroatoms. The third-order valence-corrected chi connectivity index (χ3v) is 3.15. The molecule has 2 rings (SSSR count). The number of nitrogens with zero attached hydrogens (tertiary/aromatic N) is 2. The van der Waals surface area contributed by atoms with Crippen molar-refractivity contribution < 1.29 is 4.79 Å². The summed E-state index contributed by atoms with van der Waals surface area (Å²) in [4.78, 5) is 21.0. The molecule has 0 unspecified atom stereocenters. The lowest BCUT2D eigenvalue weighted by atomic mass is 10.2. The molecular formula is C12H12N2OS. The van der Waals surface area contributed by atoms with Gasteiger partial charge in [0.05, 0.1) is 0 Å². The Morgan fingerprint density at radius 2 is 2.12 bits per heavy atom. The van der Waals surface area contributed by atoms with Crippen LogP contribution in [0.25, 0.3) is 0 Å². The van der Waals surface area contributed by atoms with Gasteiger partial charge in [-0.05, 0) is 30.4 Å². The molecule has 0 aliphatic heterocycles. The van der Waals surface area contributed by atoms with Gasteiger partial charge in [0, 0.05) is 23.7 Å². The summed E-state index contributed by atoms with van der Waals surface area (Å²) >= 11 is 1.67. The zero-order chi connectivity index (χ0) is 11.4. The summed E-state index contributed by atoms with van der Waals surface area (Å²) in [5.41, 5.74) is 0.967. The largest absolute Gasteiger partial charge is 0.291 e. The highest BCUT2D eigenvalue weighted by Gasteiger charge is 2.08. The van der Waals surface area contributed by atoms with Crippen molar-refractivity contribution in [1.82, 2.24) is 9.97 Å². The van der Waals surface area contributed by atoms with E-state index in [1.54, 1.807) is 23.7 Å². The Morgan fingerprint density at radius 1 is 1.38 bits per heavy atom. The summed E-state index contributed by atoms with van der Waals surface area (Å²) < 4.78 is 0. The molecule has 82 valence electrons. The number of rotatable bonds is 4. The molecule has 0 spiro atoms. The summed E-state index contributed by atoms with van der Waals surface area (Å²) in [5, 5.41) is 2.02. The third kappa shape index (κ3) is 2.73. The van der Waals surface area contributed by atoms with Gasteiger partial charge in [-0.25, -0.2) is 9.97 Å². The summed E-state index contributed by atoms with van der Waals surface area (Å²) in [6, 6.07) is 4.03. The average molecular weight is 232 g/mol. The van der Waals surface area contributed by atoms with E-state index in [1.165, 1.54) is 4.88 Å². The van der Waals surface area contributed by atoms with Crippen molar-refractivity contribution >= 4 is 17.1 Å². The third-order valence-electron chi connectivity index (χ3n) is 2.21. The Bertz CT molecular complexity index is 462. The molecule has 0 aliphatic rings. The first-order chi connectivity index (χ1) is 7.75. The van der Waals surface area contributed by atoms with Crippen molar-refractivity contribution in [3.05, 3.63) is 46.2 Å². The molecular weight excluding hydrogens is 220 g/mol. The summed E-state index contributed by atoms with van der Waals surface area (Å²) in [6.07, 6.45) is 4.59. The fraction of sp³-hybridized carbons (Fsp3) is 0.250. The van der Waals surface area contributed by atoms with Gasteiger partial charge in [0.15, 0.2) is 11.6 Å². The molecule has 0 aromatic carbocycles. The number of hydrogen-bond acceptors (Lipinski definition) is 4. The first kappa shape index (κ1) is 11.0. The first-order valence-corrected chi connectivity index (χ1v) is 5.98. The average Bonchev–Trinajstić information content (AvgIpc) is 2.80. The van der Waals surface area contributed by atoms with Crippen LogP contribution in [-0.4, -0.2) is 15.8 Å². The van der Waals surface area contributed by atoms with E-state index >= 15 is 0 Å². The van der Waals surface area contributed by atoms with Crippen LogP contribution < -0.4 is 0 Å². The molecule has 0 bridgehead atoms. The van der Waals surface area contributed by atoms with E-state index in [1.807, 2.05) is 24.4 Å². The Balaban J connectivity index is 1.95. The summed E-state index contributed by atoms with van der Waals surface area (Å²) in [5.74, 6) is 0.329. The molecule has 2 aromatic rings. The topological polar surface area (TPSA) is 42.9 Å². The van der Waals surface area contributed by atoms with Gasteiger partial charge < -0.3 is 0 Å². The van der Waals surface area contributed by atoms with Crippen LogP contribution in [0, 0.1) is 6.92 Å². The number of ketones is 1. The van der Waals surface area contributed by atoms with Crippen LogP contribution in [-0.2, 0) is 6.42 Å². The van der Waals surface area contributed by atoms with Crippen molar-refractivity contribution in [3.63, 3.8) is 0 Å². The quantitative estimate of drug-likeness (QED) is 0.761. The van der Waals surface area contributed by atoms with Gasteiger partial charge in [0.2, 0.25) is 0 Å². The Kier molecular flexibility index (Phi) is 3.41. The number of carbonyl (C=O) groups excluding carboxylic acids is 1. The second kappa shape index (κ2) is 4.99. The molecule has 0 amide bonds. The molecule has 0 saturated heterocycles. The van der Waals surface area contributed by atoms with Crippen LogP contribution in [0.5, 0.6) is 0 Å². The number of hydrogen-bond donors (Lipinski definition) is 0. The van der Waals surface area contributed by atoms with E-state index in [0.29, 0.717) is 12.2 Å². The van der Waals surface area contributed by atoms with Crippen LogP contribution in [0.3, 0.4) is 0 Å². The highest BCUT2D eigenvalue weighted by atomic mass is 32.1. The van der Waals surface area contributed by atoms with Crippen molar-refractivity contribution in [1.29, 1.82) is 0 Å². The predicted octanol–water partition coefficient (Wildman–Crippen LogP) is 2.66. The predicted molar refractivity (Wildman–Crippen MR) is 63.7 cm³/mol. The lowest BCUT2D eigenvalue weighted by Crippen LogP contribution is -2.06. The molecule has 0 aliphatic carbocycles. The fourth-order valence-corrected chi connectivity index (χ4v) is 2.05. The maximum absolute atomic E-state index is 11.7. The molecule has 0 saturated carbocycles. The second-order valence-corrected chi connectivity index (χ2v) is 4.62. The molecule has 0 N–H and O–H groups in total. The maximum atomic E-state index is 11.7. The molecule has 0 radical (unpaired) electrons. The summed E-state index contributed by atoms with van der Waals surface area (Å²) in [7, 11) is 0. The zero-order valence-corrected chi connectivity index (χ0v) is 9.83. The smallest absolute Gasteiger partial charge is 0.200 e. The number of thiophene rings is 1. The molecule has 0 atom stereocenters. The van der Waals surface area contributed by atoms with Crippen molar-refractivity contribution in [2.45, 2.75) is 19.8 Å². The minimum absolute atomic E-state index is 0.00778. The van der Waals surface area contributed by atoms with Crippen LogP contribution >= 0.6 is 11.3 Å². The molecule has 2 aromatic heterocycles. The lowest BCUT2D eigenvalue weighted by Gasteiger charge is -1.98. The van der Waals surface area contributed by atoms with Crippen LogP contribution in [0.4, 0.5) is 0 Å². The first-order valence-electron chi connectivity index (χ1n) is 5.10. The molecule has 0 fully saturated rings. The van der Waals surface area contributed by atoms with Crippen LogP contribution in [0.1, 0.15) is 27.5 Å². The zero-order valence-electron chi connectivity index (χ0n) is 9.01. The molecule has 3 nitrogen and oxygen atoms in total. The van der Waals surface area contributed by atoms with Gasteiger partial charge in [0.25, 0.3) is 0 Å². The van der Waals surface area contributed by atoms with Crippen molar-refractivity contribution in [3.8, 4) is 0 Å². The van der Waals surface area contributed by atoms with E-state index in [2.05, 4.69) is 9.97 Å². The maximum Gasteiger partial charge on any atom is 0.200 e. The fourth-order valence-electron chi connectivity index (χ4n) is 1.34. The lowest BCUT2D eigenvalue weighted by molar-refractivity contribution is 0.0973. The Hall–Kier alpha value is -1.55. The van der Waals surface area contributed by atoms with Crippen LogP contribution in [0.2, 0.25) is 0 Å². The van der Waals surface area contributed by atoms with E-state index in [9.17, 15) is 4.79 Å². The number of aromatic nitrogens is 2. The van der Waals surface area contributed by atoms with Gasteiger partial charge in [-0.1, -0.05) is 6.07 Å². The Labute approximate surface area is 98.2 Å². The monoisotopic (exact) mass is 232 g/mol. The van der Waals surface area contributed by atoms with Gasteiger partial charge in [-0.3, -0.25) is 4.79 Å². The van der Waals surface area contributed by atoms with Gasteiger partial charge in [-0.15, -0.1) is 11.3 Å².